The zero-order valence-corrected chi connectivity index (χ0v) is 18.3. The van der Waals surface area contributed by atoms with Crippen LogP contribution in [0.25, 0.3) is 32.9 Å². The van der Waals surface area contributed by atoms with Crippen LogP contribution < -0.4 is 10.5 Å². The second kappa shape index (κ2) is 8.93. The first-order chi connectivity index (χ1) is 14.7. The van der Waals surface area contributed by atoms with Crippen LogP contribution >= 0.6 is 0 Å². The van der Waals surface area contributed by atoms with Gasteiger partial charge in [0.05, 0.1) is 12.8 Å². The van der Waals surface area contributed by atoms with Crippen molar-refractivity contribution in [2.75, 3.05) is 13.7 Å². The monoisotopic (exact) mass is 400 g/mol. The summed E-state index contributed by atoms with van der Waals surface area (Å²) in [6.45, 7) is 5.28. The number of rotatable bonds is 8. The summed E-state index contributed by atoms with van der Waals surface area (Å²) in [6.07, 6.45) is 4.27. The van der Waals surface area contributed by atoms with Crippen LogP contribution in [0.15, 0.2) is 54.6 Å². The average Bonchev–Trinajstić information content (AvgIpc) is 3.15. The van der Waals surface area contributed by atoms with E-state index in [0.717, 1.165) is 48.9 Å². The lowest BCUT2D eigenvalue weighted by Gasteiger charge is -2.13. The van der Waals surface area contributed by atoms with Crippen molar-refractivity contribution in [2.24, 2.45) is 5.73 Å². The van der Waals surface area contributed by atoms with Crippen LogP contribution in [0.1, 0.15) is 50.2 Å². The van der Waals surface area contributed by atoms with Crippen LogP contribution in [0.4, 0.5) is 0 Å². The van der Waals surface area contributed by atoms with E-state index in [0.29, 0.717) is 5.92 Å². The number of H-pyrrole nitrogens is 1. The second-order valence-electron chi connectivity index (χ2n) is 8.21. The van der Waals surface area contributed by atoms with E-state index in [-0.39, 0.29) is 0 Å². The molecule has 0 saturated heterocycles. The van der Waals surface area contributed by atoms with Crippen molar-refractivity contribution in [3.63, 3.8) is 0 Å². The first-order valence-electron chi connectivity index (χ1n) is 11.1. The molecule has 1 heterocycles. The van der Waals surface area contributed by atoms with Crippen molar-refractivity contribution < 1.29 is 4.74 Å². The SMILES string of the molecule is CCC(C)c1ccc2[nH]c(-c3ccc4ccccc4c3OC)c(CCCCN)c2c1. The van der Waals surface area contributed by atoms with Gasteiger partial charge in [-0.15, -0.1) is 0 Å². The van der Waals surface area contributed by atoms with E-state index >= 15 is 0 Å². The molecule has 3 nitrogen and oxygen atoms in total. The standard InChI is InChI=1S/C27H32N2O/c1-4-18(2)20-13-15-25-24(17-20)22(11-7-8-16-28)26(29-25)23-14-12-19-9-5-6-10-21(19)27(23)30-3/h5-6,9-10,12-15,17-18,29H,4,7-8,11,16,28H2,1-3H3. The highest BCUT2D eigenvalue weighted by Crippen LogP contribution is 2.41. The Kier molecular flexibility index (Phi) is 6.10. The normalized spacial score (nSPS) is 12.5. The van der Waals surface area contributed by atoms with Gasteiger partial charge in [-0.25, -0.2) is 0 Å². The lowest BCUT2D eigenvalue weighted by molar-refractivity contribution is 0.421. The van der Waals surface area contributed by atoms with Gasteiger partial charge < -0.3 is 15.5 Å². The molecule has 0 fully saturated rings. The van der Waals surface area contributed by atoms with Gasteiger partial charge in [0.1, 0.15) is 5.75 Å². The number of nitrogens with two attached hydrogens (primary N) is 1. The molecule has 30 heavy (non-hydrogen) atoms. The van der Waals surface area contributed by atoms with Crippen LogP contribution in [0, 0.1) is 0 Å². The van der Waals surface area contributed by atoms with E-state index in [9.17, 15) is 0 Å². The first-order valence-corrected chi connectivity index (χ1v) is 11.1. The van der Waals surface area contributed by atoms with Crippen molar-refractivity contribution in [1.29, 1.82) is 0 Å². The van der Waals surface area contributed by atoms with Crippen molar-refractivity contribution in [3.8, 4) is 17.0 Å². The highest BCUT2D eigenvalue weighted by Gasteiger charge is 2.19. The molecule has 3 N–H and O–H groups in total. The van der Waals surface area contributed by atoms with E-state index in [2.05, 4.69) is 73.4 Å². The maximum Gasteiger partial charge on any atom is 0.136 e. The van der Waals surface area contributed by atoms with Gasteiger partial charge in [-0.05, 0) is 72.9 Å². The average molecular weight is 401 g/mol. The summed E-state index contributed by atoms with van der Waals surface area (Å²) in [7, 11) is 1.77. The fourth-order valence-electron chi connectivity index (χ4n) is 4.40. The summed E-state index contributed by atoms with van der Waals surface area (Å²) >= 11 is 0. The number of benzene rings is 3. The summed E-state index contributed by atoms with van der Waals surface area (Å²) in [5.41, 5.74) is 12.1. The van der Waals surface area contributed by atoms with E-state index in [4.69, 9.17) is 10.5 Å². The molecular formula is C27H32N2O. The Morgan fingerprint density at radius 1 is 1.00 bits per heavy atom. The zero-order valence-electron chi connectivity index (χ0n) is 18.3. The fraction of sp³-hybridized carbons (Fsp3) is 0.333. The maximum absolute atomic E-state index is 5.93. The minimum Gasteiger partial charge on any atom is -0.495 e. The summed E-state index contributed by atoms with van der Waals surface area (Å²) in [5.74, 6) is 1.49. The molecule has 1 atom stereocenters. The summed E-state index contributed by atoms with van der Waals surface area (Å²) in [4.78, 5) is 3.72. The number of hydrogen-bond donors (Lipinski definition) is 2. The smallest absolute Gasteiger partial charge is 0.136 e. The molecule has 0 amide bonds. The number of unbranched alkanes of at least 4 members (excludes halogenated alkanes) is 1. The minimum atomic E-state index is 0.555. The summed E-state index contributed by atoms with van der Waals surface area (Å²) in [5, 5.41) is 3.66. The van der Waals surface area contributed by atoms with Crippen molar-refractivity contribution in [1.82, 2.24) is 4.98 Å². The number of aromatic amines is 1. The van der Waals surface area contributed by atoms with Gasteiger partial charge >= 0.3 is 0 Å². The Hall–Kier alpha value is -2.78. The minimum absolute atomic E-state index is 0.555. The van der Waals surface area contributed by atoms with Crippen LogP contribution in [0.3, 0.4) is 0 Å². The third-order valence-corrected chi connectivity index (χ3v) is 6.35. The van der Waals surface area contributed by atoms with Crippen molar-refractivity contribution in [3.05, 3.63) is 65.7 Å². The Balaban J connectivity index is 1.93. The molecule has 4 rings (SSSR count). The molecule has 1 unspecified atom stereocenters. The molecule has 0 saturated carbocycles. The van der Waals surface area contributed by atoms with Crippen LogP contribution in [-0.2, 0) is 6.42 Å². The molecule has 0 radical (unpaired) electrons. The third-order valence-electron chi connectivity index (χ3n) is 6.35. The molecule has 156 valence electrons. The van der Waals surface area contributed by atoms with Gasteiger partial charge in [0.25, 0.3) is 0 Å². The number of aromatic nitrogens is 1. The third kappa shape index (κ3) is 3.70. The molecule has 3 heteroatoms. The zero-order chi connectivity index (χ0) is 21.1. The predicted molar refractivity (Wildman–Crippen MR) is 128 cm³/mol. The molecule has 0 aliphatic heterocycles. The van der Waals surface area contributed by atoms with Gasteiger partial charge in [-0.2, -0.15) is 0 Å². The summed E-state index contributed by atoms with van der Waals surface area (Å²) in [6, 6.07) is 19.7. The molecule has 0 bridgehead atoms. The molecule has 3 aromatic carbocycles. The van der Waals surface area contributed by atoms with Crippen molar-refractivity contribution >= 4 is 21.7 Å². The van der Waals surface area contributed by atoms with E-state index < -0.39 is 0 Å². The Morgan fingerprint density at radius 2 is 1.83 bits per heavy atom. The lowest BCUT2D eigenvalue weighted by Crippen LogP contribution is -2.00. The van der Waals surface area contributed by atoms with Gasteiger partial charge in [-0.1, -0.05) is 50.2 Å². The number of methoxy groups -OCH3 is 1. The van der Waals surface area contributed by atoms with Gasteiger partial charge in [0.2, 0.25) is 0 Å². The number of aryl methyl sites for hydroxylation is 1. The second-order valence-corrected chi connectivity index (χ2v) is 8.21. The van der Waals surface area contributed by atoms with Gasteiger partial charge in [-0.3, -0.25) is 0 Å². The number of fused-ring (bicyclic) bond motifs is 2. The maximum atomic E-state index is 5.93. The highest BCUT2D eigenvalue weighted by molar-refractivity contribution is 5.98. The van der Waals surface area contributed by atoms with Crippen LogP contribution in [-0.4, -0.2) is 18.6 Å². The van der Waals surface area contributed by atoms with Gasteiger partial charge in [0, 0.05) is 21.9 Å². The van der Waals surface area contributed by atoms with E-state index in [1.54, 1.807) is 7.11 Å². The number of hydrogen-bond acceptors (Lipinski definition) is 2. The Morgan fingerprint density at radius 3 is 2.60 bits per heavy atom. The highest BCUT2D eigenvalue weighted by atomic mass is 16.5. The Bertz CT molecular complexity index is 1160. The molecule has 1 aromatic heterocycles. The topological polar surface area (TPSA) is 51.0 Å². The molecule has 0 aliphatic rings. The number of nitrogens with one attached hydrogen (secondary N) is 1. The van der Waals surface area contributed by atoms with E-state index in [1.807, 2.05) is 0 Å². The van der Waals surface area contributed by atoms with Crippen LogP contribution in [0.5, 0.6) is 5.75 Å². The fourth-order valence-corrected chi connectivity index (χ4v) is 4.40. The molecule has 0 aliphatic carbocycles. The van der Waals surface area contributed by atoms with Gasteiger partial charge in [0.15, 0.2) is 0 Å². The number of ether oxygens (including phenoxy) is 1. The Labute approximate surface area is 179 Å². The van der Waals surface area contributed by atoms with E-state index in [1.165, 1.54) is 33.1 Å². The largest absolute Gasteiger partial charge is 0.495 e. The summed E-state index contributed by atoms with van der Waals surface area (Å²) < 4.78 is 5.93. The molecular weight excluding hydrogens is 368 g/mol. The predicted octanol–water partition coefficient (Wildman–Crippen LogP) is 6.79. The quantitative estimate of drug-likeness (QED) is 0.320. The van der Waals surface area contributed by atoms with Crippen LogP contribution in [0.2, 0.25) is 0 Å². The molecule has 0 spiro atoms. The lowest BCUT2D eigenvalue weighted by atomic mass is 9.94. The molecule has 4 aromatic rings. The first kappa shape index (κ1) is 20.5. The van der Waals surface area contributed by atoms with Crippen molar-refractivity contribution in [2.45, 2.75) is 45.4 Å².